The summed E-state index contributed by atoms with van der Waals surface area (Å²) in [7, 11) is 0. The molecule has 5 N–H and O–H groups in total. The summed E-state index contributed by atoms with van der Waals surface area (Å²) in [5.74, 6) is 4.04. The first-order valence-corrected chi connectivity index (χ1v) is 21.8. The maximum absolute atomic E-state index is 14.8. The van der Waals surface area contributed by atoms with E-state index in [4.69, 9.17) is 9.47 Å². The normalized spacial score (nSPS) is 26.0. The van der Waals surface area contributed by atoms with Crippen LogP contribution in [0, 0.1) is 23.7 Å². The standard InChI is InChI=1S/C50H59NO9/c1-4-5-6-13-41-39(29-52)21-36(24-43(41)51-28-30(2)53)33-14-15-34-26-48(56)59-46-27-45(55)38(23-42(34)46)25-47-50(3,58)40-16-17-44(54)37(22-40)19-32-11-7-9-31(18-32)10-8-12-35(20-33)49(57)60-47/h7,9,11-12,18,21,23-24,27,30,33-34,37,40,47,51-53,55,58H,4-6,8,10,13,16-17,19-20,22,25-26,28-29H2,1-3H3. The molecule has 0 radical (unpaired) electrons. The number of carbonyl (C=O) groups is 3. The summed E-state index contributed by atoms with van der Waals surface area (Å²) in [4.78, 5) is 41.1. The summed E-state index contributed by atoms with van der Waals surface area (Å²) in [6.45, 7) is 5.59. The number of anilines is 1. The van der Waals surface area contributed by atoms with Crippen LogP contribution in [0.2, 0.25) is 0 Å². The number of nitrogens with one attached hydrogen (secondary N) is 1. The third-order valence-corrected chi connectivity index (χ3v) is 13.0. The summed E-state index contributed by atoms with van der Waals surface area (Å²) in [6, 6.07) is 15.3. The van der Waals surface area contributed by atoms with Crippen molar-refractivity contribution in [2.24, 2.45) is 11.8 Å². The lowest BCUT2D eigenvalue weighted by atomic mass is 9.68. The number of ether oxygens (including phenoxy) is 2. The highest BCUT2D eigenvalue weighted by Crippen LogP contribution is 2.44. The Balaban J connectivity index is 1.40. The van der Waals surface area contributed by atoms with Crippen LogP contribution in [0.1, 0.15) is 129 Å². The van der Waals surface area contributed by atoms with Crippen molar-refractivity contribution in [1.29, 1.82) is 0 Å². The first kappa shape index (κ1) is 43.1. The Morgan fingerprint density at radius 1 is 0.967 bits per heavy atom. The smallest absolute Gasteiger partial charge is 0.334 e. The molecule has 7 unspecified atom stereocenters. The number of benzene rings is 3. The van der Waals surface area contributed by atoms with Crippen LogP contribution in [0.3, 0.4) is 0 Å². The monoisotopic (exact) mass is 817 g/mol. The number of phenolic OH excluding ortho intramolecular Hbond substituents is 1. The lowest BCUT2D eigenvalue weighted by Crippen LogP contribution is -2.52. The quantitative estimate of drug-likeness (QED) is 0.0642. The predicted molar refractivity (Wildman–Crippen MR) is 229 cm³/mol. The van der Waals surface area contributed by atoms with Crippen LogP contribution in [-0.2, 0) is 51.4 Å². The zero-order chi connectivity index (χ0) is 42.6. The second-order valence-electron chi connectivity index (χ2n) is 17.6. The van der Waals surface area contributed by atoms with Crippen LogP contribution >= 0.6 is 0 Å². The highest BCUT2D eigenvalue weighted by atomic mass is 16.6. The highest BCUT2D eigenvalue weighted by molar-refractivity contribution is 5.89. The number of hydrogen-bond donors (Lipinski definition) is 5. The number of fused-ring (bicyclic) bond motifs is 8. The molecule has 3 aromatic carbocycles. The maximum Gasteiger partial charge on any atom is 0.334 e. The van der Waals surface area contributed by atoms with E-state index >= 15 is 0 Å². The molecular weight excluding hydrogens is 759 g/mol. The molecule has 0 amide bonds. The number of aliphatic hydroxyl groups excluding tert-OH is 2. The maximum atomic E-state index is 14.8. The molecule has 0 aromatic heterocycles. The lowest BCUT2D eigenvalue weighted by molar-refractivity contribution is -0.170. The van der Waals surface area contributed by atoms with E-state index in [0.717, 1.165) is 59.2 Å². The summed E-state index contributed by atoms with van der Waals surface area (Å²) in [5, 5.41) is 48.5. The van der Waals surface area contributed by atoms with Gasteiger partial charge in [0.25, 0.3) is 0 Å². The van der Waals surface area contributed by atoms with Gasteiger partial charge in [0.15, 0.2) is 0 Å². The van der Waals surface area contributed by atoms with Gasteiger partial charge in [0.05, 0.1) is 25.0 Å². The second kappa shape index (κ2) is 18.8. The molecule has 0 saturated heterocycles. The molecule has 1 saturated carbocycles. The number of allylic oxidation sites excluding steroid dienone is 1. The average Bonchev–Trinajstić information content (AvgIpc) is 3.22. The van der Waals surface area contributed by atoms with E-state index in [2.05, 4.69) is 30.1 Å². The van der Waals surface area contributed by atoms with Crippen LogP contribution < -0.4 is 10.1 Å². The zero-order valence-electron chi connectivity index (χ0n) is 35.1. The number of hydrogen-bond acceptors (Lipinski definition) is 10. The van der Waals surface area contributed by atoms with E-state index < -0.39 is 41.6 Å². The molecule has 1 aliphatic carbocycles. The van der Waals surface area contributed by atoms with Crippen molar-refractivity contribution in [2.75, 3.05) is 11.9 Å². The molecule has 1 fully saturated rings. The Morgan fingerprint density at radius 2 is 1.77 bits per heavy atom. The van der Waals surface area contributed by atoms with Crippen LogP contribution in [0.5, 0.6) is 11.5 Å². The minimum atomic E-state index is -1.60. The first-order chi connectivity index (χ1) is 28.8. The Hall–Kier alpha value is -4.95. The Kier molecular flexibility index (Phi) is 13.5. The Labute approximate surface area is 353 Å². The summed E-state index contributed by atoms with van der Waals surface area (Å²) in [5.41, 5.74) is 5.15. The molecule has 10 heteroatoms. The number of phenols is 1. The molecule has 7 atom stereocenters. The van der Waals surface area contributed by atoms with Crippen molar-refractivity contribution in [3.63, 3.8) is 0 Å². The van der Waals surface area contributed by atoms with Gasteiger partial charge in [0, 0.05) is 54.1 Å². The van der Waals surface area contributed by atoms with Crippen molar-refractivity contribution in [3.8, 4) is 23.3 Å². The van der Waals surface area contributed by atoms with Crippen molar-refractivity contribution < 1.29 is 44.3 Å². The number of esters is 2. The molecule has 3 aromatic rings. The number of aromatic hydroxyl groups is 1. The highest BCUT2D eigenvalue weighted by Gasteiger charge is 2.46. The first-order valence-electron chi connectivity index (χ1n) is 21.8. The van der Waals surface area contributed by atoms with E-state index in [-0.39, 0.29) is 61.5 Å². The van der Waals surface area contributed by atoms with Crippen LogP contribution in [0.15, 0.2) is 60.2 Å². The predicted octanol–water partition coefficient (Wildman–Crippen LogP) is 7.30. The van der Waals surface area contributed by atoms with E-state index in [9.17, 15) is 34.8 Å². The molecule has 60 heavy (non-hydrogen) atoms. The molecule has 10 nitrogen and oxygen atoms in total. The summed E-state index contributed by atoms with van der Waals surface area (Å²) < 4.78 is 12.1. The molecule has 3 heterocycles. The minimum Gasteiger partial charge on any atom is -0.508 e. The van der Waals surface area contributed by atoms with E-state index in [0.29, 0.717) is 55.2 Å². The van der Waals surface area contributed by atoms with Crippen LogP contribution in [-0.4, -0.2) is 62.5 Å². The number of rotatable bonds is 9. The van der Waals surface area contributed by atoms with Gasteiger partial charge >= 0.3 is 11.9 Å². The average molecular weight is 818 g/mol. The SMILES string of the molecule is CCCCCc1c(CO)cc(C2C#CC3CC(=O)Oc4cc(O)c(cc43)CC3OC(=O)C(=CCCc4cccc(c4)CC4CC(CCC4=O)C3(C)O)C2)cc1NCC(C)O. The summed E-state index contributed by atoms with van der Waals surface area (Å²) in [6.07, 6.45) is 6.76. The number of ketones is 1. The fourth-order valence-electron chi connectivity index (χ4n) is 9.50. The molecule has 318 valence electrons. The van der Waals surface area contributed by atoms with Gasteiger partial charge in [0.2, 0.25) is 0 Å². The number of unbranched alkanes of at least 4 members (excludes halogenated alkanes) is 2. The molecular formula is C50H59NO9. The second-order valence-corrected chi connectivity index (χ2v) is 17.6. The fraction of sp³-hybridized carbons (Fsp3) is 0.500. The number of carbonyl (C=O) groups excluding carboxylic acids is 3. The van der Waals surface area contributed by atoms with E-state index in [1.165, 1.54) is 6.07 Å². The third kappa shape index (κ3) is 9.81. The van der Waals surface area contributed by atoms with Gasteiger partial charge in [-0.1, -0.05) is 68.0 Å². The van der Waals surface area contributed by atoms with E-state index in [1.807, 2.05) is 36.4 Å². The van der Waals surface area contributed by atoms with Gasteiger partial charge in [-0.15, -0.1) is 0 Å². The molecule has 8 bridgehead atoms. The number of Topliss-reactive ketones (excluding diaryl/α,β-unsaturated/α-hetero) is 1. The lowest BCUT2D eigenvalue weighted by Gasteiger charge is -2.42. The number of aryl methyl sites for hydroxylation is 1. The fourth-order valence-corrected chi connectivity index (χ4v) is 9.50. The van der Waals surface area contributed by atoms with Crippen LogP contribution in [0.4, 0.5) is 5.69 Å². The van der Waals surface area contributed by atoms with Crippen molar-refractivity contribution in [2.45, 2.75) is 140 Å². The Bertz CT molecular complexity index is 2190. The minimum absolute atomic E-state index is 0.0216. The Morgan fingerprint density at radius 3 is 2.55 bits per heavy atom. The molecule has 3 aliphatic heterocycles. The topological polar surface area (TPSA) is 163 Å². The third-order valence-electron chi connectivity index (χ3n) is 13.0. The zero-order valence-corrected chi connectivity index (χ0v) is 35.1. The molecule has 7 rings (SSSR count). The van der Waals surface area contributed by atoms with Gasteiger partial charge in [-0.2, -0.15) is 0 Å². The largest absolute Gasteiger partial charge is 0.508 e. The summed E-state index contributed by atoms with van der Waals surface area (Å²) >= 11 is 0. The van der Waals surface area contributed by atoms with E-state index in [1.54, 1.807) is 19.9 Å². The van der Waals surface area contributed by atoms with Crippen molar-refractivity contribution in [3.05, 3.63) is 99.1 Å². The van der Waals surface area contributed by atoms with Gasteiger partial charge in [-0.3, -0.25) is 9.59 Å². The molecule has 4 aliphatic rings. The van der Waals surface area contributed by atoms with Gasteiger partial charge in [-0.05, 0) is 117 Å². The van der Waals surface area contributed by atoms with Crippen molar-refractivity contribution >= 4 is 23.4 Å². The van der Waals surface area contributed by atoms with Crippen molar-refractivity contribution in [1.82, 2.24) is 0 Å². The van der Waals surface area contributed by atoms with Crippen LogP contribution in [0.25, 0.3) is 0 Å². The molecule has 0 spiro atoms. The van der Waals surface area contributed by atoms with Gasteiger partial charge in [-0.25, -0.2) is 4.79 Å². The van der Waals surface area contributed by atoms with Gasteiger partial charge < -0.3 is 35.2 Å². The number of aliphatic hydroxyl groups is 3. The van der Waals surface area contributed by atoms with Gasteiger partial charge in [0.1, 0.15) is 29.0 Å².